The van der Waals surface area contributed by atoms with Crippen LogP contribution in [0.5, 0.6) is 5.75 Å². The molecule has 3 N–H and O–H groups in total. The van der Waals surface area contributed by atoms with Gasteiger partial charge in [-0.15, -0.1) is 0 Å². The molecule has 0 saturated heterocycles. The topological polar surface area (TPSA) is 116 Å². The number of nitrogens with zero attached hydrogens (tertiary/aromatic N) is 1. The van der Waals surface area contributed by atoms with Crippen LogP contribution in [0.25, 0.3) is 0 Å². The van der Waals surface area contributed by atoms with Crippen LogP contribution in [-0.4, -0.2) is 67.3 Å². The second-order valence-corrected chi connectivity index (χ2v) is 6.55. The smallest absolute Gasteiger partial charge is 0.414 e. The molecule has 1 rings (SSSR count). The minimum absolute atomic E-state index is 0.0899. The first-order valence-electron chi connectivity index (χ1n) is 8.58. The van der Waals surface area contributed by atoms with Gasteiger partial charge in [0.15, 0.2) is 0 Å². The fraction of sp³-hybridized carbons (Fsp3) is 0.526. The van der Waals surface area contributed by atoms with Crippen LogP contribution < -0.4 is 10.1 Å². The zero-order valence-electron chi connectivity index (χ0n) is 16.6. The Morgan fingerprint density at radius 3 is 2.15 bits per heavy atom. The highest BCUT2D eigenvalue weighted by Crippen LogP contribution is 2.37. The number of likely N-dealkylation sites (N-methyl/N-ethyl adjacent to an activating group) is 1. The molecule has 0 aromatic heterocycles. The molecule has 27 heavy (non-hydrogen) atoms. The van der Waals surface area contributed by atoms with Crippen molar-refractivity contribution in [2.45, 2.75) is 32.1 Å². The maximum atomic E-state index is 12.2. The second-order valence-electron chi connectivity index (χ2n) is 6.55. The van der Waals surface area contributed by atoms with Crippen molar-refractivity contribution in [3.05, 3.63) is 29.8 Å². The molecule has 8 heteroatoms. The molecule has 1 unspecified atom stereocenters. The first-order valence-corrected chi connectivity index (χ1v) is 8.58. The van der Waals surface area contributed by atoms with Crippen LogP contribution in [-0.2, 0) is 19.8 Å². The number of rotatable bonds is 8. The molecule has 0 heterocycles. The lowest BCUT2D eigenvalue weighted by atomic mass is 9.76. The van der Waals surface area contributed by atoms with E-state index in [0.29, 0.717) is 13.0 Å². The minimum Gasteiger partial charge on any atom is -0.496 e. The number of methoxy groups -OCH3 is 1. The lowest BCUT2D eigenvalue weighted by molar-refractivity contribution is -0.159. The van der Waals surface area contributed by atoms with Gasteiger partial charge < -0.3 is 25.2 Å². The fourth-order valence-electron chi connectivity index (χ4n) is 2.39. The van der Waals surface area contributed by atoms with Gasteiger partial charge in [-0.25, -0.2) is 9.59 Å². The molecule has 8 nitrogen and oxygen atoms in total. The van der Waals surface area contributed by atoms with E-state index in [-0.39, 0.29) is 11.3 Å². The van der Waals surface area contributed by atoms with Crippen LogP contribution in [0.15, 0.2) is 24.3 Å². The maximum absolute atomic E-state index is 12.2. The number of carboxylic acid groups (broad SMARTS) is 2. The average Bonchev–Trinajstić information content (AvgIpc) is 2.61. The van der Waals surface area contributed by atoms with Crippen molar-refractivity contribution in [1.29, 1.82) is 0 Å². The summed E-state index contributed by atoms with van der Waals surface area (Å²) in [6.45, 7) is 5.76. The van der Waals surface area contributed by atoms with Gasteiger partial charge in [0, 0.05) is 30.5 Å². The summed E-state index contributed by atoms with van der Waals surface area (Å²) in [4.78, 5) is 32.5. The molecule has 0 aliphatic rings. The Bertz CT molecular complexity index is 620. The van der Waals surface area contributed by atoms with Gasteiger partial charge in [-0.2, -0.15) is 0 Å². The summed E-state index contributed by atoms with van der Waals surface area (Å²) >= 11 is 0. The zero-order valence-corrected chi connectivity index (χ0v) is 16.6. The summed E-state index contributed by atoms with van der Waals surface area (Å²) in [6, 6.07) is 7.95. The first kappa shape index (κ1) is 24.4. The van der Waals surface area contributed by atoms with E-state index in [1.807, 2.05) is 32.3 Å². The van der Waals surface area contributed by atoms with Gasteiger partial charge in [0.25, 0.3) is 0 Å². The lowest BCUT2D eigenvalue weighted by Gasteiger charge is -2.30. The molecule has 1 atom stereocenters. The molecular formula is C19H30N2O6. The molecular weight excluding hydrogens is 352 g/mol. The van der Waals surface area contributed by atoms with Crippen molar-refractivity contribution in [2.75, 3.05) is 34.3 Å². The monoisotopic (exact) mass is 382 g/mol. The van der Waals surface area contributed by atoms with Crippen LogP contribution >= 0.6 is 0 Å². The molecule has 0 spiro atoms. The number of carbonyl (C=O) groups is 3. The molecule has 0 aliphatic heterocycles. The highest BCUT2D eigenvalue weighted by molar-refractivity contribution is 6.27. The number of hydrogen-bond donors (Lipinski definition) is 3. The third-order valence-corrected chi connectivity index (χ3v) is 4.15. The molecule has 152 valence electrons. The van der Waals surface area contributed by atoms with E-state index in [0.717, 1.165) is 24.3 Å². The van der Waals surface area contributed by atoms with Crippen molar-refractivity contribution >= 4 is 17.8 Å². The van der Waals surface area contributed by atoms with Crippen molar-refractivity contribution in [3.63, 3.8) is 0 Å². The van der Waals surface area contributed by atoms with E-state index in [1.165, 1.54) is 0 Å². The summed E-state index contributed by atoms with van der Waals surface area (Å²) < 4.78 is 5.45. The van der Waals surface area contributed by atoms with Gasteiger partial charge in [0.2, 0.25) is 5.91 Å². The summed E-state index contributed by atoms with van der Waals surface area (Å²) in [7, 11) is 5.67. The number of aliphatic carboxylic acids is 2. The van der Waals surface area contributed by atoms with Gasteiger partial charge >= 0.3 is 11.9 Å². The number of hydrogen-bond acceptors (Lipinski definition) is 5. The number of carbonyl (C=O) groups excluding carboxylic acids is 1. The second kappa shape index (κ2) is 11.9. The van der Waals surface area contributed by atoms with E-state index < -0.39 is 11.9 Å². The molecule has 1 aromatic carbocycles. The molecule has 0 saturated carbocycles. The average molecular weight is 382 g/mol. The van der Waals surface area contributed by atoms with E-state index in [2.05, 4.69) is 30.1 Å². The first-order chi connectivity index (χ1) is 12.6. The van der Waals surface area contributed by atoms with Crippen LogP contribution in [0.3, 0.4) is 0 Å². The largest absolute Gasteiger partial charge is 0.496 e. The van der Waals surface area contributed by atoms with Crippen molar-refractivity contribution < 1.29 is 29.3 Å². The third kappa shape index (κ3) is 9.05. The number of para-hydroxylation sites is 1. The minimum atomic E-state index is -1.82. The molecule has 0 fully saturated rings. The quantitative estimate of drug-likeness (QED) is 0.585. The van der Waals surface area contributed by atoms with Crippen LogP contribution in [0.1, 0.15) is 32.3 Å². The molecule has 0 aliphatic carbocycles. The van der Waals surface area contributed by atoms with Gasteiger partial charge in [-0.1, -0.05) is 32.0 Å². The van der Waals surface area contributed by atoms with Gasteiger partial charge in [0.05, 0.1) is 7.11 Å². The third-order valence-electron chi connectivity index (χ3n) is 4.15. The Kier molecular flexibility index (Phi) is 10.7. The van der Waals surface area contributed by atoms with Gasteiger partial charge in [-0.05, 0) is 26.6 Å². The molecule has 0 radical (unpaired) electrons. The normalized spacial score (nSPS) is 12.4. The number of carboxylic acids is 2. The standard InChI is InChI=1S/C17H28N2O2.C2H2O4/c1-6-17(2,13-16(20)18-11-12-19(3)4)14-9-7-8-10-15(14)21-5;3-1(4)2(5)6/h7-10H,6,11-13H2,1-5H3,(H,18,20);(H,3,4)(H,5,6). The Morgan fingerprint density at radius 2 is 1.70 bits per heavy atom. The summed E-state index contributed by atoms with van der Waals surface area (Å²) in [5.41, 5.74) is 0.882. The molecule has 0 bridgehead atoms. The number of nitrogens with one attached hydrogen (secondary N) is 1. The Hall–Kier alpha value is -2.61. The van der Waals surface area contributed by atoms with E-state index in [1.54, 1.807) is 7.11 Å². The summed E-state index contributed by atoms with van der Waals surface area (Å²) in [5.74, 6) is -2.71. The van der Waals surface area contributed by atoms with Crippen LogP contribution in [0, 0.1) is 0 Å². The highest BCUT2D eigenvalue weighted by Gasteiger charge is 2.30. The molecule has 1 aromatic rings. The predicted octanol–water partition coefficient (Wildman–Crippen LogP) is 1.59. The van der Waals surface area contributed by atoms with Gasteiger partial charge in [-0.3, -0.25) is 4.79 Å². The van der Waals surface area contributed by atoms with Crippen molar-refractivity contribution in [1.82, 2.24) is 10.2 Å². The maximum Gasteiger partial charge on any atom is 0.414 e. The number of ether oxygens (including phenoxy) is 1. The van der Waals surface area contributed by atoms with Crippen molar-refractivity contribution in [3.8, 4) is 5.75 Å². The fourth-order valence-corrected chi connectivity index (χ4v) is 2.39. The Morgan fingerprint density at radius 1 is 1.15 bits per heavy atom. The zero-order chi connectivity index (χ0) is 21.0. The number of benzene rings is 1. The Balaban J connectivity index is 0.000000972. The summed E-state index contributed by atoms with van der Waals surface area (Å²) in [5, 5.41) is 17.8. The lowest BCUT2D eigenvalue weighted by Crippen LogP contribution is -2.36. The van der Waals surface area contributed by atoms with Gasteiger partial charge in [0.1, 0.15) is 5.75 Å². The van der Waals surface area contributed by atoms with E-state index >= 15 is 0 Å². The summed E-state index contributed by atoms with van der Waals surface area (Å²) in [6.07, 6.45) is 1.35. The highest BCUT2D eigenvalue weighted by atomic mass is 16.5. The SMILES string of the molecule is CCC(C)(CC(=O)NCCN(C)C)c1ccccc1OC.O=C(O)C(=O)O. The Labute approximate surface area is 160 Å². The van der Waals surface area contributed by atoms with Crippen LogP contribution in [0.4, 0.5) is 0 Å². The van der Waals surface area contributed by atoms with Crippen molar-refractivity contribution in [2.24, 2.45) is 0 Å². The molecule has 1 amide bonds. The van der Waals surface area contributed by atoms with Crippen LogP contribution in [0.2, 0.25) is 0 Å². The van der Waals surface area contributed by atoms with E-state index in [4.69, 9.17) is 24.5 Å². The number of amides is 1. The van der Waals surface area contributed by atoms with E-state index in [9.17, 15) is 4.79 Å². The predicted molar refractivity (Wildman–Crippen MR) is 102 cm³/mol.